The van der Waals surface area contributed by atoms with Gasteiger partial charge < -0.3 is 23.7 Å². The molecule has 10 heteroatoms. The molecule has 2 unspecified atom stereocenters. The summed E-state index contributed by atoms with van der Waals surface area (Å²) in [6.45, 7) is 6.70. The van der Waals surface area contributed by atoms with Gasteiger partial charge in [-0.1, -0.05) is 30.3 Å². The van der Waals surface area contributed by atoms with Gasteiger partial charge in [0.25, 0.3) is 0 Å². The molecule has 0 radical (unpaired) electrons. The van der Waals surface area contributed by atoms with Crippen LogP contribution in [-0.4, -0.2) is 66.6 Å². The van der Waals surface area contributed by atoms with Gasteiger partial charge in [0.2, 0.25) is 10.0 Å². The first-order valence-electron chi connectivity index (χ1n) is 13.6. The molecule has 2 aromatic rings. The van der Waals surface area contributed by atoms with Gasteiger partial charge in [-0.25, -0.2) is 13.1 Å². The number of sulfonamides is 1. The first-order valence-corrected chi connectivity index (χ1v) is 15.5. The van der Waals surface area contributed by atoms with Crippen LogP contribution < -0.4 is 18.9 Å². The minimum absolute atomic E-state index is 0.0609. The molecule has 2 aromatic carbocycles. The number of fused-ring (bicyclic) bond motifs is 1. The summed E-state index contributed by atoms with van der Waals surface area (Å²) in [4.78, 5) is 14.4. The number of hydrogen-bond acceptors (Lipinski definition) is 8. The molecule has 0 spiro atoms. The predicted octanol–water partition coefficient (Wildman–Crippen LogP) is 4.17. The minimum atomic E-state index is -3.34. The molecular formula is C29H39NO8S. The van der Waals surface area contributed by atoms with Crippen molar-refractivity contribution in [1.82, 2.24) is 4.72 Å². The molecule has 0 saturated heterocycles. The van der Waals surface area contributed by atoms with E-state index < -0.39 is 22.0 Å². The molecule has 0 aromatic heterocycles. The topological polar surface area (TPSA) is 109 Å². The van der Waals surface area contributed by atoms with Crippen LogP contribution in [0.4, 0.5) is 0 Å². The largest absolute Gasteiger partial charge is 0.491 e. The number of carbonyl (C=O) groups excluding carboxylic acids is 1. The number of nitrogens with one attached hydrogen (secondary N) is 1. The molecule has 39 heavy (non-hydrogen) atoms. The highest BCUT2D eigenvalue weighted by Gasteiger charge is 2.58. The zero-order valence-electron chi connectivity index (χ0n) is 22.9. The lowest BCUT2D eigenvalue weighted by atomic mass is 9.73. The molecule has 4 rings (SSSR count). The van der Waals surface area contributed by atoms with Crippen LogP contribution in [0.15, 0.2) is 42.5 Å². The molecule has 1 heterocycles. The van der Waals surface area contributed by atoms with Crippen LogP contribution in [0.2, 0.25) is 0 Å². The maximum Gasteiger partial charge on any atom is 0.208 e. The molecule has 0 amide bonds. The lowest BCUT2D eigenvalue weighted by molar-refractivity contribution is 0.0431. The molecule has 214 valence electrons. The Kier molecular flexibility index (Phi) is 9.87. The third kappa shape index (κ3) is 7.51. The Balaban J connectivity index is 1.69. The fourth-order valence-electron chi connectivity index (χ4n) is 5.18. The molecular weight excluding hydrogens is 522 g/mol. The van der Waals surface area contributed by atoms with E-state index in [1.165, 1.54) is 0 Å². The second kappa shape index (κ2) is 13.1. The summed E-state index contributed by atoms with van der Waals surface area (Å²) in [5, 5.41) is 0. The normalized spacial score (nSPS) is 19.7. The molecule has 2 aliphatic rings. The lowest BCUT2D eigenvalue weighted by Gasteiger charge is -2.38. The van der Waals surface area contributed by atoms with E-state index in [1.54, 1.807) is 12.1 Å². The second-order valence-corrected chi connectivity index (χ2v) is 11.8. The Hall–Kier alpha value is -2.66. The van der Waals surface area contributed by atoms with E-state index in [1.807, 2.05) is 44.2 Å². The van der Waals surface area contributed by atoms with Crippen LogP contribution in [-0.2, 0) is 19.5 Å². The van der Waals surface area contributed by atoms with E-state index in [0.717, 1.165) is 24.7 Å². The Morgan fingerprint density at radius 1 is 0.974 bits per heavy atom. The maximum atomic E-state index is 14.4. The number of ketones is 1. The third-order valence-electron chi connectivity index (χ3n) is 7.18. The molecule has 0 bridgehead atoms. The summed E-state index contributed by atoms with van der Waals surface area (Å²) >= 11 is 0. The van der Waals surface area contributed by atoms with Crippen molar-refractivity contribution in [1.29, 1.82) is 0 Å². The Labute approximate surface area is 231 Å². The van der Waals surface area contributed by atoms with Crippen molar-refractivity contribution in [2.75, 3.05) is 52.4 Å². The molecule has 2 atom stereocenters. The highest BCUT2D eigenvalue weighted by Crippen LogP contribution is 2.62. The quantitative estimate of drug-likeness (QED) is 0.304. The monoisotopic (exact) mass is 561 g/mol. The number of ether oxygens (including phenoxy) is 5. The van der Waals surface area contributed by atoms with Crippen molar-refractivity contribution in [3.05, 3.63) is 53.6 Å². The Bertz CT molecular complexity index is 1210. The predicted molar refractivity (Wildman–Crippen MR) is 147 cm³/mol. The standard InChI is InChI=1S/C29H39NO8S/c1-4-34-15-17-36-22-19-23(37-18-16-35-5-2)25-24(20-22)38-28(21-9-7-6-8-10-21)26(27(25)31)29(11-12-29)13-14-30-39(3,32)33/h6-10,19-20,26,28,30H,4-5,11-18H2,1-3H3. The smallest absolute Gasteiger partial charge is 0.208 e. The highest BCUT2D eigenvalue weighted by molar-refractivity contribution is 7.88. The van der Waals surface area contributed by atoms with Gasteiger partial charge in [0.1, 0.15) is 42.1 Å². The lowest BCUT2D eigenvalue weighted by Crippen LogP contribution is -2.39. The van der Waals surface area contributed by atoms with Crippen molar-refractivity contribution < 1.29 is 36.9 Å². The third-order valence-corrected chi connectivity index (χ3v) is 7.91. The van der Waals surface area contributed by atoms with Gasteiger partial charge >= 0.3 is 0 Å². The summed E-state index contributed by atoms with van der Waals surface area (Å²) in [6.07, 6.45) is 2.79. The van der Waals surface area contributed by atoms with Gasteiger partial charge in [-0.15, -0.1) is 0 Å². The van der Waals surface area contributed by atoms with Crippen molar-refractivity contribution in [2.45, 2.75) is 39.2 Å². The van der Waals surface area contributed by atoms with Gasteiger partial charge in [0, 0.05) is 31.9 Å². The number of hydrogen-bond donors (Lipinski definition) is 1. The average molecular weight is 562 g/mol. The van der Waals surface area contributed by atoms with E-state index in [9.17, 15) is 13.2 Å². The number of Topliss-reactive ketones (excluding diaryl/α,β-unsaturated/α-hetero) is 1. The van der Waals surface area contributed by atoms with Gasteiger partial charge in [-0.3, -0.25) is 4.79 Å². The summed E-state index contributed by atoms with van der Waals surface area (Å²) in [7, 11) is -3.34. The van der Waals surface area contributed by atoms with E-state index >= 15 is 0 Å². The van der Waals surface area contributed by atoms with Gasteiger partial charge in [0.05, 0.1) is 25.4 Å². The highest BCUT2D eigenvalue weighted by atomic mass is 32.2. The first kappa shape index (κ1) is 29.3. The van der Waals surface area contributed by atoms with Gasteiger partial charge in [-0.05, 0) is 44.1 Å². The van der Waals surface area contributed by atoms with Crippen LogP contribution in [0.3, 0.4) is 0 Å². The fourth-order valence-corrected chi connectivity index (χ4v) is 5.65. The molecule has 1 aliphatic heterocycles. The van der Waals surface area contributed by atoms with Gasteiger partial charge in [-0.2, -0.15) is 0 Å². The maximum absolute atomic E-state index is 14.4. The van der Waals surface area contributed by atoms with Crippen LogP contribution in [0.5, 0.6) is 17.2 Å². The van der Waals surface area contributed by atoms with Crippen LogP contribution in [0.1, 0.15) is 55.1 Å². The van der Waals surface area contributed by atoms with Crippen molar-refractivity contribution in [2.24, 2.45) is 11.3 Å². The molecule has 1 fully saturated rings. The van der Waals surface area contributed by atoms with Crippen LogP contribution in [0, 0.1) is 11.3 Å². The zero-order valence-corrected chi connectivity index (χ0v) is 23.8. The first-order chi connectivity index (χ1) is 18.8. The van der Waals surface area contributed by atoms with Crippen molar-refractivity contribution >= 4 is 15.8 Å². The van der Waals surface area contributed by atoms with Crippen molar-refractivity contribution in [3.63, 3.8) is 0 Å². The van der Waals surface area contributed by atoms with Crippen LogP contribution >= 0.6 is 0 Å². The zero-order chi connectivity index (χ0) is 27.9. The fraction of sp³-hybridized carbons (Fsp3) is 0.552. The van der Waals surface area contributed by atoms with E-state index in [0.29, 0.717) is 62.3 Å². The van der Waals surface area contributed by atoms with Gasteiger partial charge in [0.15, 0.2) is 5.78 Å². The molecule has 1 aliphatic carbocycles. The van der Waals surface area contributed by atoms with E-state index in [4.69, 9.17) is 23.7 Å². The summed E-state index contributed by atoms with van der Waals surface area (Å²) in [6, 6.07) is 13.2. The summed E-state index contributed by atoms with van der Waals surface area (Å²) in [5.41, 5.74) is 0.913. The molecule has 1 N–H and O–H groups in total. The Morgan fingerprint density at radius 2 is 1.64 bits per heavy atom. The van der Waals surface area contributed by atoms with Crippen molar-refractivity contribution in [3.8, 4) is 17.2 Å². The summed E-state index contributed by atoms with van der Waals surface area (Å²) < 4.78 is 55.5. The number of rotatable bonds is 16. The Morgan fingerprint density at radius 3 is 2.26 bits per heavy atom. The van der Waals surface area contributed by atoms with Crippen LogP contribution in [0.25, 0.3) is 0 Å². The second-order valence-electron chi connectivity index (χ2n) is 9.96. The number of carbonyl (C=O) groups is 1. The minimum Gasteiger partial charge on any atom is -0.491 e. The number of benzene rings is 2. The van der Waals surface area contributed by atoms with E-state index in [2.05, 4.69) is 4.72 Å². The molecule has 1 saturated carbocycles. The average Bonchev–Trinajstić information content (AvgIpc) is 3.68. The summed E-state index contributed by atoms with van der Waals surface area (Å²) in [5.74, 6) is 0.777. The van der Waals surface area contributed by atoms with E-state index in [-0.39, 0.29) is 24.3 Å². The SMILES string of the molecule is CCOCCOc1cc(OCCOCC)c2c(c1)OC(c1ccccc1)C(C1(CCNS(C)(=O)=O)CC1)C2=O. The molecule has 9 nitrogen and oxygen atoms in total.